The lowest BCUT2D eigenvalue weighted by atomic mass is 10.1. The second-order valence-corrected chi connectivity index (χ2v) is 10.1. The topological polar surface area (TPSA) is 91.4 Å². The Labute approximate surface area is 189 Å². The standard InChI is InChI=1S/C21H33FN4O5S/c1-16-18(25-7-5-23-6-8-25)13-17(14-19(16)31-32(22,28)29)15-24-9-11-26(12-10-24)20(27)30-21(2,3)4/h13-14,23H,5-12,15H2,1-4H3. The first-order chi connectivity index (χ1) is 14.9. The summed E-state index contributed by atoms with van der Waals surface area (Å²) in [5.74, 6) is 0.00548. The molecule has 2 fully saturated rings. The number of ether oxygens (including phenoxy) is 1. The molecule has 2 heterocycles. The fourth-order valence-electron chi connectivity index (χ4n) is 3.92. The summed E-state index contributed by atoms with van der Waals surface area (Å²) in [6.07, 6.45) is -0.322. The Balaban J connectivity index is 1.73. The quantitative estimate of drug-likeness (QED) is 0.651. The van der Waals surface area contributed by atoms with Crippen molar-refractivity contribution in [2.45, 2.75) is 39.8 Å². The van der Waals surface area contributed by atoms with Crippen LogP contribution in [0.25, 0.3) is 0 Å². The van der Waals surface area contributed by atoms with Gasteiger partial charge in [-0.1, -0.05) is 3.89 Å². The Kier molecular flexibility index (Phi) is 7.51. The number of halogens is 1. The molecule has 11 heteroatoms. The van der Waals surface area contributed by atoms with Crippen LogP contribution in [-0.2, 0) is 21.8 Å². The first kappa shape index (κ1) is 24.5. The van der Waals surface area contributed by atoms with Gasteiger partial charge in [0.15, 0.2) is 5.75 Å². The molecule has 1 amide bonds. The molecule has 2 aliphatic heterocycles. The van der Waals surface area contributed by atoms with E-state index in [1.807, 2.05) is 26.8 Å². The van der Waals surface area contributed by atoms with Gasteiger partial charge in [-0.3, -0.25) is 4.90 Å². The summed E-state index contributed by atoms with van der Waals surface area (Å²) in [7, 11) is -5.13. The van der Waals surface area contributed by atoms with Gasteiger partial charge in [-0.25, -0.2) is 4.79 Å². The molecule has 0 saturated carbocycles. The number of hydrogen-bond donors (Lipinski definition) is 1. The highest BCUT2D eigenvalue weighted by atomic mass is 32.3. The lowest BCUT2D eigenvalue weighted by molar-refractivity contribution is 0.0139. The highest BCUT2D eigenvalue weighted by molar-refractivity contribution is 7.81. The van der Waals surface area contributed by atoms with Crippen molar-refractivity contribution >= 4 is 22.3 Å². The summed E-state index contributed by atoms with van der Waals surface area (Å²) in [4.78, 5) is 18.3. The van der Waals surface area contributed by atoms with E-state index < -0.39 is 16.1 Å². The van der Waals surface area contributed by atoms with Gasteiger partial charge < -0.3 is 24.0 Å². The van der Waals surface area contributed by atoms with E-state index in [0.29, 0.717) is 38.3 Å². The number of anilines is 1. The predicted octanol–water partition coefficient (Wildman–Crippen LogP) is 2.05. The zero-order chi connectivity index (χ0) is 23.5. The van der Waals surface area contributed by atoms with Gasteiger partial charge in [-0.15, -0.1) is 0 Å². The zero-order valence-corrected chi connectivity index (χ0v) is 20.0. The van der Waals surface area contributed by atoms with Crippen LogP contribution in [0.5, 0.6) is 5.75 Å². The smallest absolute Gasteiger partial charge is 0.444 e. The first-order valence-electron chi connectivity index (χ1n) is 10.8. The predicted molar refractivity (Wildman–Crippen MR) is 120 cm³/mol. The number of nitrogens with one attached hydrogen (secondary N) is 1. The number of carbonyl (C=O) groups is 1. The summed E-state index contributed by atoms with van der Waals surface area (Å²) < 4.78 is 45.8. The van der Waals surface area contributed by atoms with Crippen LogP contribution in [0.2, 0.25) is 0 Å². The van der Waals surface area contributed by atoms with E-state index in [9.17, 15) is 17.1 Å². The fourth-order valence-corrected chi connectivity index (χ4v) is 4.31. The maximum absolute atomic E-state index is 13.3. The van der Waals surface area contributed by atoms with Crippen molar-refractivity contribution in [2.75, 3.05) is 57.3 Å². The van der Waals surface area contributed by atoms with E-state index in [4.69, 9.17) is 4.74 Å². The molecule has 2 saturated heterocycles. The SMILES string of the molecule is Cc1c(OS(=O)(=O)F)cc(CN2CCN(C(=O)OC(C)(C)C)CC2)cc1N1CCNCC1. The molecular weight excluding hydrogens is 439 g/mol. The molecule has 0 spiro atoms. The molecule has 2 aliphatic rings. The minimum Gasteiger partial charge on any atom is -0.444 e. The van der Waals surface area contributed by atoms with Crippen molar-refractivity contribution in [3.8, 4) is 5.75 Å². The van der Waals surface area contributed by atoms with Crippen LogP contribution >= 0.6 is 0 Å². The molecule has 1 aromatic rings. The number of nitrogens with zero attached hydrogens (tertiary/aromatic N) is 3. The molecule has 180 valence electrons. The number of amides is 1. The number of rotatable bonds is 5. The van der Waals surface area contributed by atoms with Crippen LogP contribution in [-0.4, -0.2) is 82.3 Å². The number of hydrogen-bond acceptors (Lipinski definition) is 8. The van der Waals surface area contributed by atoms with Gasteiger partial charge in [0.05, 0.1) is 0 Å². The average molecular weight is 473 g/mol. The van der Waals surface area contributed by atoms with Crippen LogP contribution in [0.1, 0.15) is 31.9 Å². The molecule has 1 N–H and O–H groups in total. The second kappa shape index (κ2) is 9.80. The summed E-state index contributed by atoms with van der Waals surface area (Å²) in [6.45, 7) is 13.3. The fraction of sp³-hybridized carbons (Fsp3) is 0.667. The highest BCUT2D eigenvalue weighted by Crippen LogP contribution is 2.33. The van der Waals surface area contributed by atoms with Crippen LogP contribution < -0.4 is 14.4 Å². The van der Waals surface area contributed by atoms with Gasteiger partial charge in [0, 0.05) is 70.2 Å². The van der Waals surface area contributed by atoms with E-state index in [2.05, 4.69) is 19.3 Å². The lowest BCUT2D eigenvalue weighted by Gasteiger charge is -2.36. The molecule has 9 nitrogen and oxygen atoms in total. The van der Waals surface area contributed by atoms with Gasteiger partial charge in [-0.2, -0.15) is 8.42 Å². The van der Waals surface area contributed by atoms with E-state index in [0.717, 1.165) is 37.4 Å². The minimum atomic E-state index is -5.13. The Morgan fingerprint density at radius 3 is 2.28 bits per heavy atom. The summed E-state index contributed by atoms with van der Waals surface area (Å²) >= 11 is 0. The van der Waals surface area contributed by atoms with Gasteiger partial charge in [0.25, 0.3) is 0 Å². The molecule has 0 aliphatic carbocycles. The van der Waals surface area contributed by atoms with Gasteiger partial charge in [0.2, 0.25) is 0 Å². The molecule has 0 unspecified atom stereocenters. The van der Waals surface area contributed by atoms with E-state index in [1.165, 1.54) is 0 Å². The average Bonchev–Trinajstić information content (AvgIpc) is 2.69. The van der Waals surface area contributed by atoms with E-state index in [-0.39, 0.29) is 11.8 Å². The number of benzene rings is 1. The molecule has 3 rings (SSSR count). The van der Waals surface area contributed by atoms with Crippen LogP contribution in [0.15, 0.2) is 12.1 Å². The molecule has 32 heavy (non-hydrogen) atoms. The van der Waals surface area contributed by atoms with Crippen molar-refractivity contribution < 1.29 is 26.0 Å². The van der Waals surface area contributed by atoms with Gasteiger partial charge in [0.1, 0.15) is 5.60 Å². The van der Waals surface area contributed by atoms with Crippen LogP contribution in [0, 0.1) is 6.92 Å². The molecular formula is C21H33FN4O5S. The third-order valence-corrected chi connectivity index (χ3v) is 5.85. The Morgan fingerprint density at radius 1 is 1.09 bits per heavy atom. The molecule has 0 bridgehead atoms. The second-order valence-electron chi connectivity index (χ2n) is 9.20. The highest BCUT2D eigenvalue weighted by Gasteiger charge is 2.27. The molecule has 0 radical (unpaired) electrons. The Hall–Kier alpha value is -2.11. The maximum atomic E-state index is 13.3. The summed E-state index contributed by atoms with van der Waals surface area (Å²) in [5.41, 5.74) is 1.72. The molecule has 0 atom stereocenters. The van der Waals surface area contributed by atoms with Crippen molar-refractivity contribution in [3.63, 3.8) is 0 Å². The largest absolute Gasteiger partial charge is 0.488 e. The third kappa shape index (κ3) is 6.94. The van der Waals surface area contributed by atoms with Gasteiger partial charge in [-0.05, 0) is 45.4 Å². The third-order valence-electron chi connectivity index (χ3n) is 5.47. The summed E-state index contributed by atoms with van der Waals surface area (Å²) in [6, 6.07) is 3.59. The monoisotopic (exact) mass is 472 g/mol. The molecule has 1 aromatic carbocycles. The minimum absolute atomic E-state index is 0.00548. The van der Waals surface area contributed by atoms with Crippen molar-refractivity contribution in [3.05, 3.63) is 23.3 Å². The maximum Gasteiger partial charge on any atom is 0.488 e. The van der Waals surface area contributed by atoms with E-state index >= 15 is 0 Å². The van der Waals surface area contributed by atoms with Crippen molar-refractivity contribution in [1.29, 1.82) is 0 Å². The van der Waals surface area contributed by atoms with E-state index in [1.54, 1.807) is 17.9 Å². The number of piperazine rings is 2. The van der Waals surface area contributed by atoms with Crippen LogP contribution in [0.3, 0.4) is 0 Å². The summed E-state index contributed by atoms with van der Waals surface area (Å²) in [5, 5.41) is 3.28. The van der Waals surface area contributed by atoms with Crippen molar-refractivity contribution in [1.82, 2.24) is 15.1 Å². The van der Waals surface area contributed by atoms with Gasteiger partial charge >= 0.3 is 16.6 Å². The molecule has 0 aromatic heterocycles. The Morgan fingerprint density at radius 2 is 1.72 bits per heavy atom. The Bertz CT molecular complexity index is 921. The lowest BCUT2D eigenvalue weighted by Crippen LogP contribution is -2.49. The number of carbonyl (C=O) groups excluding carboxylic acids is 1. The normalized spacial score (nSPS) is 18.5. The first-order valence-corrected chi connectivity index (χ1v) is 12.2. The van der Waals surface area contributed by atoms with Crippen LogP contribution in [0.4, 0.5) is 14.4 Å². The van der Waals surface area contributed by atoms with Crippen molar-refractivity contribution in [2.24, 2.45) is 0 Å². The zero-order valence-electron chi connectivity index (χ0n) is 19.2.